The summed E-state index contributed by atoms with van der Waals surface area (Å²) in [6, 6.07) is 22.2. The van der Waals surface area contributed by atoms with E-state index < -0.39 is 8.80 Å². The number of hydrogen-bond donors (Lipinski definition) is 0. The Morgan fingerprint density at radius 3 is 1.85 bits per heavy atom. The third-order valence-electron chi connectivity index (χ3n) is 3.58. The SMILES string of the molecule is CCCCCSC[SiH](c1ccccc1)c1ccccc1. The van der Waals surface area contributed by atoms with Gasteiger partial charge < -0.3 is 0 Å². The van der Waals surface area contributed by atoms with Gasteiger partial charge in [-0.15, -0.1) is 0 Å². The van der Waals surface area contributed by atoms with E-state index in [4.69, 9.17) is 0 Å². The minimum atomic E-state index is -1.04. The van der Waals surface area contributed by atoms with E-state index in [-0.39, 0.29) is 0 Å². The third-order valence-corrected chi connectivity index (χ3v) is 8.81. The molecular weight excluding hydrogens is 276 g/mol. The molecule has 0 bridgehead atoms. The number of rotatable bonds is 8. The van der Waals surface area contributed by atoms with E-state index in [0.717, 1.165) is 0 Å². The molecule has 0 aliphatic carbocycles. The quantitative estimate of drug-likeness (QED) is 0.531. The molecule has 0 nitrogen and oxygen atoms in total. The Bertz CT molecular complexity index is 430. The monoisotopic (exact) mass is 300 g/mol. The van der Waals surface area contributed by atoms with E-state index in [1.165, 1.54) is 30.4 Å². The average Bonchev–Trinajstić information content (AvgIpc) is 2.53. The summed E-state index contributed by atoms with van der Waals surface area (Å²) in [5.41, 5.74) is 0. The first-order valence-corrected chi connectivity index (χ1v) is 10.7. The second-order valence-electron chi connectivity index (χ2n) is 5.16. The van der Waals surface area contributed by atoms with E-state index in [2.05, 4.69) is 79.3 Å². The van der Waals surface area contributed by atoms with Gasteiger partial charge in [0.1, 0.15) is 8.80 Å². The van der Waals surface area contributed by atoms with Crippen molar-refractivity contribution in [3.8, 4) is 0 Å². The molecule has 0 amide bonds. The van der Waals surface area contributed by atoms with E-state index in [1.807, 2.05) is 0 Å². The Morgan fingerprint density at radius 2 is 1.35 bits per heavy atom. The van der Waals surface area contributed by atoms with Crippen molar-refractivity contribution in [3.63, 3.8) is 0 Å². The summed E-state index contributed by atoms with van der Waals surface area (Å²) < 4.78 is 0. The van der Waals surface area contributed by atoms with Gasteiger partial charge in [0.25, 0.3) is 0 Å². The lowest BCUT2D eigenvalue weighted by Crippen LogP contribution is -2.44. The van der Waals surface area contributed by atoms with Crippen LogP contribution in [0.3, 0.4) is 0 Å². The molecule has 106 valence electrons. The van der Waals surface area contributed by atoms with Gasteiger partial charge in [-0.3, -0.25) is 0 Å². The number of benzene rings is 2. The van der Waals surface area contributed by atoms with Crippen molar-refractivity contribution in [2.24, 2.45) is 0 Å². The number of unbranched alkanes of at least 4 members (excludes halogenated alkanes) is 2. The Kier molecular flexibility index (Phi) is 6.96. The first-order valence-electron chi connectivity index (χ1n) is 7.59. The molecule has 0 aliphatic rings. The highest BCUT2D eigenvalue weighted by atomic mass is 32.2. The van der Waals surface area contributed by atoms with Crippen LogP contribution in [0.15, 0.2) is 60.7 Å². The second kappa shape index (κ2) is 9.04. The fourth-order valence-electron chi connectivity index (χ4n) is 2.41. The van der Waals surface area contributed by atoms with Crippen LogP contribution in [-0.4, -0.2) is 19.9 Å². The van der Waals surface area contributed by atoms with E-state index in [9.17, 15) is 0 Å². The zero-order chi connectivity index (χ0) is 14.0. The second-order valence-corrected chi connectivity index (χ2v) is 9.74. The Labute approximate surface area is 129 Å². The van der Waals surface area contributed by atoms with Crippen LogP contribution in [0.4, 0.5) is 0 Å². The zero-order valence-corrected chi connectivity index (χ0v) is 14.3. The van der Waals surface area contributed by atoms with E-state index in [0.29, 0.717) is 0 Å². The molecule has 2 heteroatoms. The molecule has 0 aromatic heterocycles. The van der Waals surface area contributed by atoms with Crippen LogP contribution in [-0.2, 0) is 0 Å². The van der Waals surface area contributed by atoms with Crippen LogP contribution in [0.25, 0.3) is 0 Å². The van der Waals surface area contributed by atoms with Gasteiger partial charge in [0.2, 0.25) is 0 Å². The molecule has 0 N–H and O–H groups in total. The van der Waals surface area contributed by atoms with Crippen LogP contribution in [0.1, 0.15) is 26.2 Å². The lowest BCUT2D eigenvalue weighted by atomic mass is 10.3. The van der Waals surface area contributed by atoms with Gasteiger partial charge in [0.05, 0.1) is 0 Å². The summed E-state index contributed by atoms with van der Waals surface area (Å²) in [6.45, 7) is 2.27. The summed E-state index contributed by atoms with van der Waals surface area (Å²) in [5, 5.41) is 4.46. The first-order chi connectivity index (χ1) is 9.92. The minimum Gasteiger partial charge on any atom is -0.165 e. The molecule has 2 aromatic rings. The molecule has 2 aromatic carbocycles. The van der Waals surface area contributed by atoms with Crippen LogP contribution >= 0.6 is 11.8 Å². The Balaban J connectivity index is 2.02. The minimum absolute atomic E-state index is 1.04. The Morgan fingerprint density at radius 1 is 0.800 bits per heavy atom. The molecular formula is C18H24SSi. The predicted molar refractivity (Wildman–Crippen MR) is 96.2 cm³/mol. The molecule has 0 saturated heterocycles. The van der Waals surface area contributed by atoms with E-state index in [1.54, 1.807) is 10.4 Å². The molecule has 0 heterocycles. The summed E-state index contributed by atoms with van der Waals surface area (Å²) in [7, 11) is -1.04. The van der Waals surface area contributed by atoms with Crippen LogP contribution < -0.4 is 10.4 Å². The average molecular weight is 301 g/mol. The lowest BCUT2D eigenvalue weighted by Gasteiger charge is -2.16. The summed E-state index contributed by atoms with van der Waals surface area (Å²) in [5.74, 6) is 1.32. The largest absolute Gasteiger partial charge is 0.165 e. The van der Waals surface area contributed by atoms with Gasteiger partial charge in [-0.05, 0) is 17.5 Å². The van der Waals surface area contributed by atoms with Crippen molar-refractivity contribution < 1.29 is 0 Å². The van der Waals surface area contributed by atoms with Crippen LogP contribution in [0, 0.1) is 0 Å². The van der Waals surface area contributed by atoms with Crippen molar-refractivity contribution in [2.75, 3.05) is 11.1 Å². The standard InChI is InChI=1S/C18H24SSi/c1-2-3-10-15-19-16-20(17-11-6-4-7-12-17)18-13-8-5-9-14-18/h4-9,11-14,20H,2-3,10,15-16H2,1H3. The first kappa shape index (κ1) is 15.4. The highest BCUT2D eigenvalue weighted by Crippen LogP contribution is 2.08. The van der Waals surface area contributed by atoms with Crippen molar-refractivity contribution in [2.45, 2.75) is 26.2 Å². The van der Waals surface area contributed by atoms with Crippen LogP contribution in [0.5, 0.6) is 0 Å². The molecule has 0 atom stereocenters. The maximum atomic E-state index is 2.32. The van der Waals surface area contributed by atoms with Gasteiger partial charge >= 0.3 is 0 Å². The number of hydrogen-bond acceptors (Lipinski definition) is 1. The molecule has 0 aliphatic heterocycles. The van der Waals surface area contributed by atoms with Gasteiger partial charge in [0.15, 0.2) is 0 Å². The summed E-state index contributed by atoms with van der Waals surface area (Å²) >= 11 is 2.15. The zero-order valence-electron chi connectivity index (χ0n) is 12.3. The fourth-order valence-corrected chi connectivity index (χ4v) is 7.73. The van der Waals surface area contributed by atoms with Gasteiger partial charge in [-0.25, -0.2) is 0 Å². The highest BCUT2D eigenvalue weighted by Gasteiger charge is 2.15. The van der Waals surface area contributed by atoms with Gasteiger partial charge in [-0.2, -0.15) is 11.8 Å². The van der Waals surface area contributed by atoms with Crippen LogP contribution in [0.2, 0.25) is 0 Å². The molecule has 20 heavy (non-hydrogen) atoms. The normalized spacial score (nSPS) is 10.9. The van der Waals surface area contributed by atoms with Crippen molar-refractivity contribution in [3.05, 3.63) is 60.7 Å². The van der Waals surface area contributed by atoms with E-state index >= 15 is 0 Å². The fraction of sp³-hybridized carbons (Fsp3) is 0.333. The Hall–Kier alpha value is -0.993. The third kappa shape index (κ3) is 4.84. The molecule has 0 saturated carbocycles. The maximum absolute atomic E-state index is 2.32. The lowest BCUT2D eigenvalue weighted by molar-refractivity contribution is 0.779. The molecule has 0 unspecified atom stereocenters. The van der Waals surface area contributed by atoms with Crippen molar-refractivity contribution in [1.82, 2.24) is 0 Å². The van der Waals surface area contributed by atoms with Gasteiger partial charge in [-0.1, -0.05) is 90.8 Å². The van der Waals surface area contributed by atoms with Crippen molar-refractivity contribution in [1.29, 1.82) is 0 Å². The molecule has 0 fully saturated rings. The summed E-state index contributed by atoms with van der Waals surface area (Å²) in [4.78, 5) is 0. The topological polar surface area (TPSA) is 0 Å². The smallest absolute Gasteiger partial charge is 0.112 e. The number of thioether (sulfide) groups is 1. The predicted octanol–water partition coefficient (Wildman–Crippen LogP) is 3.49. The highest BCUT2D eigenvalue weighted by molar-refractivity contribution is 8.00. The van der Waals surface area contributed by atoms with Gasteiger partial charge in [0, 0.05) is 0 Å². The molecule has 0 spiro atoms. The van der Waals surface area contributed by atoms with Crippen molar-refractivity contribution >= 4 is 30.9 Å². The maximum Gasteiger partial charge on any atom is 0.112 e. The molecule has 0 radical (unpaired) electrons. The summed E-state index contributed by atoms with van der Waals surface area (Å²) in [6.07, 6.45) is 4.06. The molecule has 2 rings (SSSR count).